The summed E-state index contributed by atoms with van der Waals surface area (Å²) in [5.74, 6) is -0.202. The van der Waals surface area contributed by atoms with Crippen molar-refractivity contribution in [3.8, 4) is 5.75 Å². The number of halogens is 3. The van der Waals surface area contributed by atoms with E-state index in [1.165, 1.54) is 11.0 Å². The maximum absolute atomic E-state index is 13.3. The number of amides is 1. The lowest BCUT2D eigenvalue weighted by Crippen LogP contribution is -2.57. The molecule has 0 radical (unpaired) electrons. The van der Waals surface area contributed by atoms with Crippen molar-refractivity contribution in [2.75, 3.05) is 39.3 Å². The molecular weight excluding hydrogens is 323 g/mol. The van der Waals surface area contributed by atoms with Gasteiger partial charge in [-0.15, -0.1) is 0 Å². The molecule has 1 amide bonds. The van der Waals surface area contributed by atoms with E-state index >= 15 is 0 Å². The van der Waals surface area contributed by atoms with E-state index in [-0.39, 0.29) is 5.56 Å². The highest BCUT2D eigenvalue weighted by Crippen LogP contribution is 2.25. The molecule has 1 aromatic carbocycles. The zero-order valence-electron chi connectivity index (χ0n) is 13.5. The van der Waals surface area contributed by atoms with Crippen LogP contribution in [0.5, 0.6) is 5.75 Å². The summed E-state index contributed by atoms with van der Waals surface area (Å²) in [4.78, 5) is 13.6. The molecule has 0 spiro atoms. The molecule has 0 aliphatic carbocycles. The molecule has 1 aliphatic rings. The van der Waals surface area contributed by atoms with Crippen molar-refractivity contribution >= 4 is 5.91 Å². The van der Waals surface area contributed by atoms with Gasteiger partial charge in [0.15, 0.2) is 0 Å². The standard InChI is InChI=1S/C16H22F3N3O2/c1-2-24-13-6-4-3-5-12(13)15(23)21-11-14(16(17,18)19)22-9-7-20-8-10-22/h3-6,14,20H,2,7-11H2,1H3,(H,21,23). The van der Waals surface area contributed by atoms with Crippen molar-refractivity contribution in [2.45, 2.75) is 19.1 Å². The molecule has 2 N–H and O–H groups in total. The van der Waals surface area contributed by atoms with Crippen molar-refractivity contribution in [3.05, 3.63) is 29.8 Å². The van der Waals surface area contributed by atoms with Gasteiger partial charge in [-0.1, -0.05) is 12.1 Å². The molecule has 8 heteroatoms. The molecule has 134 valence electrons. The smallest absolute Gasteiger partial charge is 0.405 e. The number of piperazine rings is 1. The van der Waals surface area contributed by atoms with Crippen LogP contribution < -0.4 is 15.4 Å². The van der Waals surface area contributed by atoms with Crippen molar-refractivity contribution in [1.82, 2.24) is 15.5 Å². The van der Waals surface area contributed by atoms with Crippen LogP contribution in [-0.4, -0.2) is 62.4 Å². The third-order valence-corrected chi connectivity index (χ3v) is 3.86. The first-order valence-electron chi connectivity index (χ1n) is 7.95. The van der Waals surface area contributed by atoms with Crippen molar-refractivity contribution in [3.63, 3.8) is 0 Å². The Bertz CT molecular complexity index is 546. The molecule has 1 heterocycles. The summed E-state index contributed by atoms with van der Waals surface area (Å²) in [6.07, 6.45) is -4.40. The topological polar surface area (TPSA) is 53.6 Å². The van der Waals surface area contributed by atoms with E-state index in [0.29, 0.717) is 38.5 Å². The number of alkyl halides is 3. The molecule has 0 bridgehead atoms. The monoisotopic (exact) mass is 345 g/mol. The summed E-state index contributed by atoms with van der Waals surface area (Å²) in [7, 11) is 0. The number of hydrogen-bond acceptors (Lipinski definition) is 4. The Morgan fingerprint density at radius 2 is 2.00 bits per heavy atom. The van der Waals surface area contributed by atoms with Crippen molar-refractivity contribution in [1.29, 1.82) is 0 Å². The van der Waals surface area contributed by atoms with Crippen LogP contribution in [0.4, 0.5) is 13.2 Å². The maximum atomic E-state index is 13.3. The summed E-state index contributed by atoms with van der Waals surface area (Å²) in [5, 5.41) is 5.42. The molecule has 24 heavy (non-hydrogen) atoms. The Morgan fingerprint density at radius 3 is 2.62 bits per heavy atom. The van der Waals surface area contributed by atoms with Crippen LogP contribution in [0.15, 0.2) is 24.3 Å². The van der Waals surface area contributed by atoms with Crippen LogP contribution in [0.1, 0.15) is 17.3 Å². The van der Waals surface area contributed by atoms with Crippen LogP contribution in [0, 0.1) is 0 Å². The minimum Gasteiger partial charge on any atom is -0.493 e. The molecule has 1 saturated heterocycles. The zero-order valence-corrected chi connectivity index (χ0v) is 13.5. The maximum Gasteiger partial charge on any atom is 0.405 e. The van der Waals surface area contributed by atoms with Gasteiger partial charge in [0.1, 0.15) is 11.8 Å². The first-order valence-corrected chi connectivity index (χ1v) is 7.95. The molecule has 1 atom stereocenters. The Labute approximate surface area is 139 Å². The second kappa shape index (κ2) is 8.34. The Hall–Kier alpha value is -1.80. The number of para-hydroxylation sites is 1. The average Bonchev–Trinajstić information content (AvgIpc) is 2.55. The molecule has 1 unspecified atom stereocenters. The Morgan fingerprint density at radius 1 is 1.33 bits per heavy atom. The number of carbonyl (C=O) groups is 1. The zero-order chi connectivity index (χ0) is 17.6. The molecule has 0 aromatic heterocycles. The molecular formula is C16H22F3N3O2. The number of rotatable bonds is 6. The first kappa shape index (κ1) is 18.5. The van der Waals surface area contributed by atoms with E-state index in [1.807, 2.05) is 0 Å². The lowest BCUT2D eigenvalue weighted by atomic mass is 10.1. The second-order valence-electron chi connectivity index (χ2n) is 5.48. The average molecular weight is 345 g/mol. The number of hydrogen-bond donors (Lipinski definition) is 2. The third kappa shape index (κ3) is 4.85. The summed E-state index contributed by atoms with van der Waals surface area (Å²) >= 11 is 0. The van der Waals surface area contributed by atoms with Crippen LogP contribution in [0.2, 0.25) is 0 Å². The predicted octanol–water partition coefficient (Wildman–Crippen LogP) is 1.65. The SMILES string of the molecule is CCOc1ccccc1C(=O)NCC(N1CCNCC1)C(F)(F)F. The normalized spacial score (nSPS) is 17.3. The highest BCUT2D eigenvalue weighted by atomic mass is 19.4. The van der Waals surface area contributed by atoms with E-state index in [0.717, 1.165) is 0 Å². The van der Waals surface area contributed by atoms with Crippen molar-refractivity contribution in [2.24, 2.45) is 0 Å². The first-order chi connectivity index (χ1) is 11.4. The summed E-state index contributed by atoms with van der Waals surface area (Å²) in [6, 6.07) is 4.82. The van der Waals surface area contributed by atoms with Gasteiger partial charge in [0.2, 0.25) is 0 Å². The second-order valence-corrected chi connectivity index (χ2v) is 5.48. The highest BCUT2D eigenvalue weighted by molar-refractivity contribution is 5.96. The quantitative estimate of drug-likeness (QED) is 0.823. The van der Waals surface area contributed by atoms with Gasteiger partial charge in [-0.3, -0.25) is 9.69 Å². The molecule has 2 rings (SSSR count). The molecule has 1 aromatic rings. The van der Waals surface area contributed by atoms with Crippen LogP contribution in [0.25, 0.3) is 0 Å². The van der Waals surface area contributed by atoms with E-state index in [1.54, 1.807) is 25.1 Å². The lowest BCUT2D eigenvalue weighted by Gasteiger charge is -2.35. The number of benzene rings is 1. The molecule has 1 aliphatic heterocycles. The van der Waals surface area contributed by atoms with Gasteiger partial charge >= 0.3 is 6.18 Å². The fourth-order valence-electron chi connectivity index (χ4n) is 2.67. The van der Waals surface area contributed by atoms with Gasteiger partial charge < -0.3 is 15.4 Å². The minimum absolute atomic E-state index is 0.237. The predicted molar refractivity (Wildman–Crippen MR) is 84.2 cm³/mol. The summed E-state index contributed by atoms with van der Waals surface area (Å²) < 4.78 is 45.3. The van der Waals surface area contributed by atoms with Crippen LogP contribution in [0.3, 0.4) is 0 Å². The minimum atomic E-state index is -4.40. The van der Waals surface area contributed by atoms with Crippen LogP contribution >= 0.6 is 0 Å². The summed E-state index contributed by atoms with van der Waals surface area (Å²) in [6.45, 7) is 3.28. The fraction of sp³-hybridized carbons (Fsp3) is 0.562. The Kier molecular flexibility index (Phi) is 6.44. The molecule has 0 saturated carbocycles. The van der Waals surface area contributed by atoms with E-state index in [4.69, 9.17) is 4.74 Å². The van der Waals surface area contributed by atoms with Crippen molar-refractivity contribution < 1.29 is 22.7 Å². The van der Waals surface area contributed by atoms with Gasteiger partial charge in [-0.25, -0.2) is 0 Å². The molecule has 1 fully saturated rings. The van der Waals surface area contributed by atoms with Gasteiger partial charge in [0.05, 0.1) is 12.2 Å². The lowest BCUT2D eigenvalue weighted by molar-refractivity contribution is -0.183. The summed E-state index contributed by atoms with van der Waals surface area (Å²) in [5.41, 5.74) is 0.237. The number of ether oxygens (including phenoxy) is 1. The number of nitrogens with zero attached hydrogens (tertiary/aromatic N) is 1. The van der Waals surface area contributed by atoms with E-state index in [9.17, 15) is 18.0 Å². The van der Waals surface area contributed by atoms with Gasteiger partial charge in [0.25, 0.3) is 5.91 Å². The number of carbonyl (C=O) groups excluding carboxylic acids is 1. The van der Waals surface area contributed by atoms with Gasteiger partial charge in [0, 0.05) is 32.7 Å². The Balaban J connectivity index is 2.04. The largest absolute Gasteiger partial charge is 0.493 e. The fourth-order valence-corrected chi connectivity index (χ4v) is 2.67. The highest BCUT2D eigenvalue weighted by Gasteiger charge is 2.43. The third-order valence-electron chi connectivity index (χ3n) is 3.86. The number of nitrogens with one attached hydrogen (secondary N) is 2. The van der Waals surface area contributed by atoms with Gasteiger partial charge in [-0.2, -0.15) is 13.2 Å². The van der Waals surface area contributed by atoms with E-state index in [2.05, 4.69) is 10.6 Å². The van der Waals surface area contributed by atoms with Crippen LogP contribution in [-0.2, 0) is 0 Å². The van der Waals surface area contributed by atoms with Gasteiger partial charge in [-0.05, 0) is 19.1 Å². The molecule has 5 nitrogen and oxygen atoms in total. The van der Waals surface area contributed by atoms with E-state index < -0.39 is 24.7 Å².